The van der Waals surface area contributed by atoms with Crippen molar-refractivity contribution in [2.45, 2.75) is 0 Å². The lowest BCUT2D eigenvalue weighted by Gasteiger charge is -2.00. The summed E-state index contributed by atoms with van der Waals surface area (Å²) in [4.78, 5) is 15.0. The molecule has 0 spiro atoms. The minimum atomic E-state index is -1.47. The van der Waals surface area contributed by atoms with Gasteiger partial charge >= 0.3 is 7.12 Å². The Morgan fingerprint density at radius 3 is 1.67 bits per heavy atom. The van der Waals surface area contributed by atoms with E-state index >= 15 is 0 Å². The number of rotatable bonds is 2. The first-order valence-corrected chi connectivity index (χ1v) is 9.48. The molecule has 152 valence electrons. The van der Waals surface area contributed by atoms with E-state index in [0.717, 1.165) is 27.0 Å². The zero-order chi connectivity index (χ0) is 21.8. The van der Waals surface area contributed by atoms with E-state index in [9.17, 15) is 0 Å². The molecule has 0 saturated heterocycles. The van der Waals surface area contributed by atoms with Crippen LogP contribution in [-0.4, -0.2) is 37.1 Å². The highest BCUT2D eigenvalue weighted by Crippen LogP contribution is 2.18. The van der Waals surface area contributed by atoms with Gasteiger partial charge in [-0.05, 0) is 35.9 Å². The molecule has 0 aliphatic rings. The lowest BCUT2D eigenvalue weighted by atomic mass is 9.83. The molecule has 6 N–H and O–H groups in total. The van der Waals surface area contributed by atoms with Crippen LogP contribution in [0.25, 0.3) is 11.1 Å². The van der Waals surface area contributed by atoms with Crippen molar-refractivity contribution in [1.29, 1.82) is 0 Å². The van der Waals surface area contributed by atoms with Gasteiger partial charge in [0.25, 0.3) is 0 Å². The minimum absolute atomic E-state index is 0.303. The molecule has 0 bridgehead atoms. The second-order valence-corrected chi connectivity index (χ2v) is 6.77. The summed E-state index contributed by atoms with van der Waals surface area (Å²) in [5.41, 5.74) is 15.0. The quantitative estimate of drug-likeness (QED) is 0.259. The topological polar surface area (TPSA) is 144 Å². The van der Waals surface area contributed by atoms with Crippen molar-refractivity contribution in [1.82, 2.24) is 19.9 Å². The summed E-state index contributed by atoms with van der Waals surface area (Å²) in [6, 6.07) is 15.2. The third-order valence-electron chi connectivity index (χ3n) is 3.51. The number of aromatic nitrogens is 4. The van der Waals surface area contributed by atoms with Gasteiger partial charge in [0.2, 0.25) is 0 Å². The maximum atomic E-state index is 8.50. The molecular formula is C20H20BBrN6O2. The standard InChI is InChI=1S/C10H9N3.C6H6BrN.C4H5BN2O2/c11-10-3-1-2-8(4-10)9-5-12-7-13-6-9;7-5-2-1-3-6(8)4-5;8-5(9)4-1-6-3-7-2-4/h1-7H,11H2;1-4H,8H2;1-3,8-9H. The van der Waals surface area contributed by atoms with E-state index in [2.05, 4.69) is 35.9 Å². The van der Waals surface area contributed by atoms with Gasteiger partial charge in [0.05, 0.1) is 0 Å². The summed E-state index contributed by atoms with van der Waals surface area (Å²) in [6.45, 7) is 0. The molecule has 0 aliphatic carbocycles. The Morgan fingerprint density at radius 1 is 0.700 bits per heavy atom. The van der Waals surface area contributed by atoms with Crippen LogP contribution in [0.3, 0.4) is 0 Å². The summed E-state index contributed by atoms with van der Waals surface area (Å²) in [5.74, 6) is 0. The highest BCUT2D eigenvalue weighted by molar-refractivity contribution is 9.10. The first kappa shape index (κ1) is 22.9. The van der Waals surface area contributed by atoms with Crippen LogP contribution in [0.15, 0.2) is 90.4 Å². The molecule has 30 heavy (non-hydrogen) atoms. The fourth-order valence-electron chi connectivity index (χ4n) is 2.12. The molecule has 8 nitrogen and oxygen atoms in total. The summed E-state index contributed by atoms with van der Waals surface area (Å²) in [5, 5.41) is 17.0. The number of nitrogen functional groups attached to an aromatic ring is 2. The van der Waals surface area contributed by atoms with E-state index in [4.69, 9.17) is 21.5 Å². The first-order valence-electron chi connectivity index (χ1n) is 8.68. The van der Waals surface area contributed by atoms with Crippen LogP contribution in [0.1, 0.15) is 0 Å². The molecule has 4 aromatic rings. The average Bonchev–Trinajstić information content (AvgIpc) is 2.76. The number of nitrogens with zero attached hydrogens (tertiary/aromatic N) is 4. The van der Waals surface area contributed by atoms with Gasteiger partial charge in [-0.1, -0.05) is 34.1 Å². The molecule has 0 aliphatic heterocycles. The zero-order valence-electron chi connectivity index (χ0n) is 15.9. The number of halogens is 1. The normalized spacial score (nSPS) is 9.43. The minimum Gasteiger partial charge on any atom is -0.423 e. The van der Waals surface area contributed by atoms with Crippen LogP contribution in [0.5, 0.6) is 0 Å². The maximum absolute atomic E-state index is 8.50. The predicted octanol–water partition coefficient (Wildman–Crippen LogP) is 1.91. The number of anilines is 2. The van der Waals surface area contributed by atoms with E-state index in [-0.39, 0.29) is 0 Å². The van der Waals surface area contributed by atoms with E-state index in [1.807, 2.05) is 48.5 Å². The van der Waals surface area contributed by atoms with Crippen LogP contribution in [0.4, 0.5) is 11.4 Å². The predicted molar refractivity (Wildman–Crippen MR) is 122 cm³/mol. The van der Waals surface area contributed by atoms with Gasteiger partial charge in [0.15, 0.2) is 0 Å². The van der Waals surface area contributed by atoms with Crippen LogP contribution in [0, 0.1) is 0 Å². The summed E-state index contributed by atoms with van der Waals surface area (Å²) < 4.78 is 1.03. The lowest BCUT2D eigenvalue weighted by molar-refractivity contribution is 0.425. The van der Waals surface area contributed by atoms with Crippen LogP contribution >= 0.6 is 15.9 Å². The highest BCUT2D eigenvalue weighted by Gasteiger charge is 2.09. The molecule has 2 heterocycles. The Hall–Kier alpha value is -3.34. The number of hydrogen-bond donors (Lipinski definition) is 4. The van der Waals surface area contributed by atoms with E-state index < -0.39 is 7.12 Å². The van der Waals surface area contributed by atoms with Crippen molar-refractivity contribution in [3.8, 4) is 11.1 Å². The largest absolute Gasteiger partial charge is 0.491 e. The van der Waals surface area contributed by atoms with E-state index in [1.54, 1.807) is 12.4 Å². The van der Waals surface area contributed by atoms with Crippen molar-refractivity contribution >= 4 is 39.9 Å². The maximum Gasteiger partial charge on any atom is 0.491 e. The molecule has 2 aromatic carbocycles. The van der Waals surface area contributed by atoms with Crippen LogP contribution in [0.2, 0.25) is 0 Å². The number of hydrogen-bond acceptors (Lipinski definition) is 8. The van der Waals surface area contributed by atoms with Crippen molar-refractivity contribution in [3.63, 3.8) is 0 Å². The third kappa shape index (κ3) is 8.35. The van der Waals surface area contributed by atoms with Crippen LogP contribution < -0.4 is 16.9 Å². The molecule has 0 amide bonds. The van der Waals surface area contributed by atoms with Crippen molar-refractivity contribution < 1.29 is 10.0 Å². The van der Waals surface area contributed by atoms with Gasteiger partial charge in [-0.3, -0.25) is 0 Å². The summed E-state index contributed by atoms with van der Waals surface area (Å²) in [6.07, 6.45) is 9.06. The third-order valence-corrected chi connectivity index (χ3v) is 4.00. The van der Waals surface area contributed by atoms with E-state index in [0.29, 0.717) is 5.46 Å². The monoisotopic (exact) mass is 466 g/mol. The smallest absolute Gasteiger partial charge is 0.423 e. The van der Waals surface area contributed by atoms with Crippen molar-refractivity contribution in [3.05, 3.63) is 90.4 Å². The average molecular weight is 467 g/mol. The molecule has 0 atom stereocenters. The second kappa shape index (κ2) is 12.3. The van der Waals surface area contributed by atoms with Crippen LogP contribution in [-0.2, 0) is 0 Å². The van der Waals surface area contributed by atoms with Gasteiger partial charge in [-0.15, -0.1) is 0 Å². The van der Waals surface area contributed by atoms with Gasteiger partial charge in [-0.25, -0.2) is 19.9 Å². The fraction of sp³-hybridized carbons (Fsp3) is 0. The summed E-state index contributed by atoms with van der Waals surface area (Å²) >= 11 is 3.28. The Morgan fingerprint density at radius 2 is 1.23 bits per heavy atom. The molecule has 0 fully saturated rings. The zero-order valence-corrected chi connectivity index (χ0v) is 17.5. The Balaban J connectivity index is 0.000000167. The fourth-order valence-corrected chi connectivity index (χ4v) is 2.53. The molecule has 0 radical (unpaired) electrons. The lowest BCUT2D eigenvalue weighted by Crippen LogP contribution is -2.30. The van der Waals surface area contributed by atoms with E-state index in [1.165, 1.54) is 25.0 Å². The first-order chi connectivity index (χ1) is 14.5. The molecule has 4 rings (SSSR count). The Kier molecular flexibility index (Phi) is 9.39. The molecule has 10 heteroatoms. The molecule has 2 aromatic heterocycles. The molecular weight excluding hydrogens is 447 g/mol. The molecule has 0 saturated carbocycles. The second-order valence-electron chi connectivity index (χ2n) is 5.85. The van der Waals surface area contributed by atoms with Gasteiger partial charge in [-0.2, -0.15) is 0 Å². The Labute approximate surface area is 183 Å². The SMILES string of the molecule is Nc1cccc(-c2cncnc2)c1.Nc1cccc(Br)c1.OB(O)c1cncnc1. The summed E-state index contributed by atoms with van der Waals surface area (Å²) in [7, 11) is -1.47. The Bertz CT molecular complexity index is 1010. The van der Waals surface area contributed by atoms with Gasteiger partial charge < -0.3 is 21.5 Å². The molecule has 0 unspecified atom stereocenters. The van der Waals surface area contributed by atoms with Gasteiger partial charge in [0.1, 0.15) is 12.7 Å². The number of benzene rings is 2. The van der Waals surface area contributed by atoms with Gasteiger partial charge in [0, 0.05) is 51.7 Å². The van der Waals surface area contributed by atoms with Crippen molar-refractivity contribution in [2.24, 2.45) is 0 Å². The van der Waals surface area contributed by atoms with Crippen molar-refractivity contribution in [2.75, 3.05) is 11.5 Å². The number of nitrogens with two attached hydrogens (primary N) is 2. The highest BCUT2D eigenvalue weighted by atomic mass is 79.9.